The van der Waals surface area contributed by atoms with Crippen molar-refractivity contribution in [2.75, 3.05) is 37.6 Å². The summed E-state index contributed by atoms with van der Waals surface area (Å²) in [5, 5.41) is 0. The van der Waals surface area contributed by atoms with Gasteiger partial charge >= 0.3 is 6.18 Å². The van der Waals surface area contributed by atoms with Gasteiger partial charge in [0.1, 0.15) is 0 Å². The lowest BCUT2D eigenvalue weighted by Gasteiger charge is -2.36. The van der Waals surface area contributed by atoms with Gasteiger partial charge in [0.2, 0.25) is 0 Å². The topological polar surface area (TPSA) is 6.48 Å². The van der Waals surface area contributed by atoms with Gasteiger partial charge in [-0.1, -0.05) is 18.1 Å². The molecule has 1 aliphatic rings. The lowest BCUT2D eigenvalue weighted by molar-refractivity contribution is -0.137. The van der Waals surface area contributed by atoms with Crippen LogP contribution in [-0.4, -0.2) is 37.6 Å². The minimum Gasteiger partial charge on any atom is -0.368 e. The molecule has 0 N–H and O–H groups in total. The first-order valence-corrected chi connectivity index (χ1v) is 6.09. The third-order valence-corrected chi connectivity index (χ3v) is 3.24. The Kier molecular flexibility index (Phi) is 4.01. The average molecular weight is 268 g/mol. The van der Waals surface area contributed by atoms with Crippen LogP contribution in [0.5, 0.6) is 0 Å². The van der Waals surface area contributed by atoms with Crippen LogP contribution >= 0.6 is 0 Å². The monoisotopic (exact) mass is 268 g/mol. The van der Waals surface area contributed by atoms with E-state index in [0.29, 0.717) is 32.7 Å². The van der Waals surface area contributed by atoms with Crippen LogP contribution in [0.15, 0.2) is 24.3 Å². The second-order valence-corrected chi connectivity index (χ2v) is 4.48. The molecule has 0 saturated carbocycles. The summed E-state index contributed by atoms with van der Waals surface area (Å²) in [4.78, 5) is 3.84. The van der Waals surface area contributed by atoms with E-state index < -0.39 is 11.7 Å². The Balaban J connectivity index is 2.14. The zero-order valence-electron chi connectivity index (χ0n) is 10.5. The maximum atomic E-state index is 12.9. The molecule has 0 spiro atoms. The average Bonchev–Trinajstić information content (AvgIpc) is 2.39. The van der Waals surface area contributed by atoms with Crippen molar-refractivity contribution in [1.29, 1.82) is 0 Å². The van der Waals surface area contributed by atoms with Gasteiger partial charge in [-0.3, -0.25) is 4.90 Å². The Morgan fingerprint density at radius 1 is 1.11 bits per heavy atom. The van der Waals surface area contributed by atoms with Crippen LogP contribution < -0.4 is 4.90 Å². The molecular weight excluding hydrogens is 253 g/mol. The first kappa shape index (κ1) is 13.8. The van der Waals surface area contributed by atoms with Crippen LogP contribution in [0.3, 0.4) is 0 Å². The number of hydrogen-bond acceptors (Lipinski definition) is 2. The van der Waals surface area contributed by atoms with Crippen molar-refractivity contribution in [3.63, 3.8) is 0 Å². The standard InChI is InChI=1S/C14H15F3N2/c1-2-7-18-8-10-19(11-9-18)13-6-4-3-5-12(13)14(15,16)17/h1,3-6H,7-11H2. The third-order valence-electron chi connectivity index (χ3n) is 3.24. The van der Waals surface area contributed by atoms with Crippen LogP contribution in [0, 0.1) is 12.3 Å². The summed E-state index contributed by atoms with van der Waals surface area (Å²) in [6.45, 7) is 3.06. The Labute approximate surface area is 110 Å². The first-order valence-electron chi connectivity index (χ1n) is 6.09. The van der Waals surface area contributed by atoms with E-state index in [1.54, 1.807) is 11.0 Å². The highest BCUT2D eigenvalue weighted by molar-refractivity contribution is 5.55. The molecule has 0 atom stereocenters. The molecule has 0 unspecified atom stereocenters. The number of nitrogens with zero attached hydrogens (tertiary/aromatic N) is 2. The van der Waals surface area contributed by atoms with Gasteiger partial charge in [0.25, 0.3) is 0 Å². The number of benzene rings is 1. The molecule has 1 aromatic rings. The lowest BCUT2D eigenvalue weighted by Crippen LogP contribution is -2.46. The highest BCUT2D eigenvalue weighted by atomic mass is 19.4. The lowest BCUT2D eigenvalue weighted by atomic mass is 10.1. The predicted molar refractivity (Wildman–Crippen MR) is 68.9 cm³/mol. The van der Waals surface area contributed by atoms with Crippen molar-refractivity contribution < 1.29 is 13.2 Å². The van der Waals surface area contributed by atoms with Crippen molar-refractivity contribution in [3.8, 4) is 12.3 Å². The number of alkyl halides is 3. The largest absolute Gasteiger partial charge is 0.418 e. The molecule has 1 fully saturated rings. The van der Waals surface area contributed by atoms with Crippen LogP contribution in [0.4, 0.5) is 18.9 Å². The summed E-state index contributed by atoms with van der Waals surface area (Å²) in [5.74, 6) is 2.56. The minimum absolute atomic E-state index is 0.260. The molecule has 0 amide bonds. The fraction of sp³-hybridized carbons (Fsp3) is 0.429. The van der Waals surface area contributed by atoms with Crippen molar-refractivity contribution in [3.05, 3.63) is 29.8 Å². The number of anilines is 1. The van der Waals surface area contributed by atoms with E-state index >= 15 is 0 Å². The number of terminal acetylenes is 1. The molecule has 2 rings (SSSR count). The molecule has 0 aliphatic carbocycles. The molecule has 1 saturated heterocycles. The van der Waals surface area contributed by atoms with Gasteiger partial charge < -0.3 is 4.90 Å². The van der Waals surface area contributed by atoms with Gasteiger partial charge in [0.15, 0.2) is 0 Å². The van der Waals surface area contributed by atoms with Crippen LogP contribution in [0.25, 0.3) is 0 Å². The van der Waals surface area contributed by atoms with E-state index in [-0.39, 0.29) is 5.69 Å². The van der Waals surface area contributed by atoms with Crippen LogP contribution in [0.2, 0.25) is 0 Å². The molecule has 0 aromatic heterocycles. The summed E-state index contributed by atoms with van der Waals surface area (Å²) >= 11 is 0. The van der Waals surface area contributed by atoms with Crippen molar-refractivity contribution in [2.24, 2.45) is 0 Å². The predicted octanol–water partition coefficient (Wildman–Crippen LogP) is 2.46. The van der Waals surface area contributed by atoms with Gasteiger partial charge in [-0.2, -0.15) is 13.2 Å². The number of hydrogen-bond donors (Lipinski definition) is 0. The SMILES string of the molecule is C#CCN1CCN(c2ccccc2C(F)(F)F)CC1. The van der Waals surface area contributed by atoms with E-state index in [9.17, 15) is 13.2 Å². The molecule has 1 heterocycles. The summed E-state index contributed by atoms with van der Waals surface area (Å²) < 4.78 is 38.8. The van der Waals surface area contributed by atoms with E-state index in [1.807, 2.05) is 0 Å². The number of rotatable bonds is 2. The van der Waals surface area contributed by atoms with E-state index in [0.717, 1.165) is 6.07 Å². The second-order valence-electron chi connectivity index (χ2n) is 4.48. The maximum Gasteiger partial charge on any atom is 0.418 e. The van der Waals surface area contributed by atoms with Gasteiger partial charge in [-0.15, -0.1) is 6.42 Å². The number of halogens is 3. The van der Waals surface area contributed by atoms with Crippen molar-refractivity contribution >= 4 is 5.69 Å². The maximum absolute atomic E-state index is 12.9. The number of piperazine rings is 1. The quantitative estimate of drug-likeness (QED) is 0.760. The Bertz CT molecular complexity index is 468. The zero-order valence-corrected chi connectivity index (χ0v) is 10.5. The van der Waals surface area contributed by atoms with E-state index in [1.165, 1.54) is 12.1 Å². The molecule has 2 nitrogen and oxygen atoms in total. The smallest absolute Gasteiger partial charge is 0.368 e. The van der Waals surface area contributed by atoms with Crippen LogP contribution in [-0.2, 0) is 6.18 Å². The highest BCUT2D eigenvalue weighted by Crippen LogP contribution is 2.36. The molecule has 102 valence electrons. The summed E-state index contributed by atoms with van der Waals surface area (Å²) in [7, 11) is 0. The van der Waals surface area contributed by atoms with E-state index in [2.05, 4.69) is 10.8 Å². The molecule has 0 bridgehead atoms. The second kappa shape index (κ2) is 5.54. The Morgan fingerprint density at radius 3 is 2.32 bits per heavy atom. The normalized spacial score (nSPS) is 17.3. The van der Waals surface area contributed by atoms with Gasteiger partial charge in [-0.05, 0) is 12.1 Å². The molecule has 1 aromatic carbocycles. The zero-order chi connectivity index (χ0) is 13.9. The van der Waals surface area contributed by atoms with Crippen LogP contribution in [0.1, 0.15) is 5.56 Å². The first-order chi connectivity index (χ1) is 9.02. The van der Waals surface area contributed by atoms with Gasteiger partial charge in [-0.25, -0.2) is 0 Å². The van der Waals surface area contributed by atoms with Crippen molar-refractivity contribution in [1.82, 2.24) is 4.90 Å². The van der Waals surface area contributed by atoms with Gasteiger partial charge in [0, 0.05) is 31.9 Å². The Hall–Kier alpha value is -1.67. The molecular formula is C14H15F3N2. The summed E-state index contributed by atoms with van der Waals surface area (Å²) in [5.41, 5.74) is -0.309. The molecule has 0 radical (unpaired) electrons. The van der Waals surface area contributed by atoms with Crippen molar-refractivity contribution in [2.45, 2.75) is 6.18 Å². The Morgan fingerprint density at radius 2 is 1.74 bits per heavy atom. The highest BCUT2D eigenvalue weighted by Gasteiger charge is 2.35. The fourth-order valence-electron chi connectivity index (χ4n) is 2.27. The summed E-state index contributed by atoms with van der Waals surface area (Å²) in [6, 6.07) is 5.71. The van der Waals surface area contributed by atoms with E-state index in [4.69, 9.17) is 6.42 Å². The molecule has 1 aliphatic heterocycles. The summed E-state index contributed by atoms with van der Waals surface area (Å²) in [6.07, 6.45) is 0.919. The number of para-hydroxylation sites is 1. The fourth-order valence-corrected chi connectivity index (χ4v) is 2.27. The van der Waals surface area contributed by atoms with Gasteiger partial charge in [0.05, 0.1) is 12.1 Å². The third kappa shape index (κ3) is 3.21. The molecule has 19 heavy (non-hydrogen) atoms. The minimum atomic E-state index is -4.31. The molecule has 5 heteroatoms.